The van der Waals surface area contributed by atoms with Gasteiger partial charge in [-0.05, 0) is 124 Å². The van der Waals surface area contributed by atoms with E-state index in [9.17, 15) is 32.1 Å². The van der Waals surface area contributed by atoms with Gasteiger partial charge in [-0.1, -0.05) is 24.3 Å². The summed E-state index contributed by atoms with van der Waals surface area (Å²) in [7, 11) is -4.74. The van der Waals surface area contributed by atoms with E-state index in [0.29, 0.717) is 68.3 Å². The highest BCUT2D eigenvalue weighted by Gasteiger charge is 2.51. The Morgan fingerprint density at radius 3 is 2.51 bits per heavy atom. The van der Waals surface area contributed by atoms with Gasteiger partial charge < -0.3 is 43.8 Å². The van der Waals surface area contributed by atoms with Gasteiger partial charge in [0, 0.05) is 100 Å². The highest BCUT2D eigenvalue weighted by molar-refractivity contribution is 7.90. The van der Waals surface area contributed by atoms with Gasteiger partial charge in [0.1, 0.15) is 29.8 Å². The van der Waals surface area contributed by atoms with Crippen molar-refractivity contribution in [1.29, 1.82) is 0 Å². The molecule has 5 fully saturated rings. The lowest BCUT2D eigenvalue weighted by atomic mass is 9.59. The Hall–Kier alpha value is -7.11. The van der Waals surface area contributed by atoms with Crippen molar-refractivity contribution in [3.8, 4) is 17.4 Å². The number of halogens is 2. The second-order valence-corrected chi connectivity index (χ2v) is 25.1. The number of fused-ring (bicyclic) bond motifs is 4. The number of rotatable bonds is 13. The highest BCUT2D eigenvalue weighted by atomic mass is 32.2. The summed E-state index contributed by atoms with van der Waals surface area (Å²) in [6.45, 7) is 10.4. The number of benzene rings is 4. The third-order valence-electron chi connectivity index (χ3n) is 18.0. The third kappa shape index (κ3) is 10.4. The standard InChI is InChI=1S/C60H67F2N9O10S/c1-36(2)80-53-6-4-3-5-43(53)52-33-67(32-37-7-10-45(61)46(62)25-37)20-21-69(52)41-30-60(31-41)15-18-68(19-16-60)40-8-9-44(49(27-40)70-48-14-24-78-35-55(48)81-59-51(70)26-39-11-17-63-57(39)65-59)58(72)66-82(75,76)42-28-50(71(73)74)56-54(29-42)79-34-47(64-56)38-12-22-77-23-13-38/h3-11,17,25-29,36,38,41,47-48,52,55,64H,12-16,18-24,30-35H2,1-2H3,(H,63,65)(H,66,72)/t47-,48+,52-,55+/m0/s1. The normalized spacial score (nSPS) is 23.2. The molecule has 2 aromatic heterocycles. The molecule has 82 heavy (non-hydrogen) atoms. The van der Waals surface area contributed by atoms with Gasteiger partial charge in [0.25, 0.3) is 21.6 Å². The van der Waals surface area contributed by atoms with Gasteiger partial charge in [-0.15, -0.1) is 0 Å². The van der Waals surface area contributed by atoms with Gasteiger partial charge in [0.05, 0.1) is 51.9 Å². The molecule has 0 bridgehead atoms. The van der Waals surface area contributed by atoms with Crippen molar-refractivity contribution in [2.45, 2.75) is 107 Å². The minimum atomic E-state index is -4.74. The lowest BCUT2D eigenvalue weighted by Gasteiger charge is -2.58. The van der Waals surface area contributed by atoms with E-state index in [1.54, 1.807) is 18.3 Å². The van der Waals surface area contributed by atoms with Crippen LogP contribution in [-0.2, 0) is 26.0 Å². The van der Waals surface area contributed by atoms with Crippen molar-refractivity contribution in [1.82, 2.24) is 24.5 Å². The van der Waals surface area contributed by atoms with Crippen molar-refractivity contribution in [3.05, 3.63) is 130 Å². The van der Waals surface area contributed by atoms with Crippen LogP contribution >= 0.6 is 0 Å². The maximum Gasteiger partial charge on any atom is 0.297 e. The number of carbonyl (C=O) groups is 1. The van der Waals surface area contributed by atoms with Crippen LogP contribution in [0.3, 0.4) is 0 Å². The molecular weight excluding hydrogens is 1080 g/mol. The molecule has 0 radical (unpaired) electrons. The Morgan fingerprint density at radius 1 is 0.915 bits per heavy atom. The molecule has 13 rings (SSSR count). The average Bonchev–Trinajstić information content (AvgIpc) is 3.06. The van der Waals surface area contributed by atoms with Crippen LogP contribution < -0.4 is 34.0 Å². The summed E-state index contributed by atoms with van der Waals surface area (Å²) in [5.74, 6) is -1.28. The molecule has 6 aliphatic heterocycles. The molecule has 22 heteroatoms. The van der Waals surface area contributed by atoms with E-state index in [4.69, 9.17) is 28.7 Å². The third-order valence-corrected chi connectivity index (χ3v) is 19.3. The van der Waals surface area contributed by atoms with Crippen molar-refractivity contribution in [3.63, 3.8) is 0 Å². The zero-order valence-electron chi connectivity index (χ0n) is 45.9. The number of anilines is 4. The monoisotopic (exact) mass is 1140 g/mol. The number of sulfonamides is 1. The second kappa shape index (κ2) is 21.9. The number of carbonyl (C=O) groups excluding carboxylic acids is 1. The zero-order valence-corrected chi connectivity index (χ0v) is 46.7. The number of pyridine rings is 1. The summed E-state index contributed by atoms with van der Waals surface area (Å²) in [5.41, 5.74) is 4.18. The largest absolute Gasteiger partial charge is 0.491 e. The molecular formula is C60H67F2N9O10S. The number of aromatic amines is 1. The van der Waals surface area contributed by atoms with Crippen LogP contribution in [0.2, 0.25) is 0 Å². The van der Waals surface area contributed by atoms with Crippen LogP contribution in [0.5, 0.6) is 17.4 Å². The number of amides is 1. The van der Waals surface area contributed by atoms with E-state index in [1.807, 2.05) is 50.2 Å². The van der Waals surface area contributed by atoms with Crippen LogP contribution in [0.15, 0.2) is 96.0 Å². The quantitative estimate of drug-likeness (QED) is 0.0728. The van der Waals surface area contributed by atoms with Gasteiger partial charge in [-0.3, -0.25) is 24.7 Å². The molecule has 8 heterocycles. The van der Waals surface area contributed by atoms with Crippen LogP contribution in [0, 0.1) is 33.1 Å². The minimum absolute atomic E-state index is 0.00911. The van der Waals surface area contributed by atoms with Gasteiger partial charge in [-0.25, -0.2) is 21.9 Å². The average molecular weight is 1140 g/mol. The van der Waals surface area contributed by atoms with E-state index < -0.39 is 49.2 Å². The summed E-state index contributed by atoms with van der Waals surface area (Å²) >= 11 is 0. The first kappa shape index (κ1) is 54.2. The number of nitro benzene ring substituents is 1. The van der Waals surface area contributed by atoms with Crippen molar-refractivity contribution < 1.29 is 50.6 Å². The van der Waals surface area contributed by atoms with E-state index >= 15 is 0 Å². The van der Waals surface area contributed by atoms with E-state index in [0.717, 1.165) is 98.7 Å². The maximum atomic E-state index is 14.9. The van der Waals surface area contributed by atoms with E-state index in [1.165, 1.54) is 18.2 Å². The second-order valence-electron chi connectivity index (χ2n) is 23.4. The molecule has 3 N–H and O–H groups in total. The zero-order chi connectivity index (χ0) is 56.4. The lowest BCUT2D eigenvalue weighted by Crippen LogP contribution is -2.59. The van der Waals surface area contributed by atoms with Gasteiger partial charge in [0.15, 0.2) is 23.1 Å². The van der Waals surface area contributed by atoms with Crippen LogP contribution in [0.25, 0.3) is 11.0 Å². The van der Waals surface area contributed by atoms with E-state index in [-0.39, 0.29) is 65.8 Å². The van der Waals surface area contributed by atoms with Crippen LogP contribution in [0.4, 0.5) is 37.2 Å². The summed E-state index contributed by atoms with van der Waals surface area (Å²) < 4.78 is 89.9. The number of hydrogen-bond donors (Lipinski definition) is 3. The molecule has 6 aromatic rings. The number of piperidine rings is 1. The number of piperazine rings is 1. The topological polar surface area (TPSA) is 206 Å². The Kier molecular flexibility index (Phi) is 14.5. The molecule has 4 aromatic carbocycles. The fourth-order valence-corrected chi connectivity index (χ4v) is 14.8. The Bertz CT molecular complexity index is 3530. The Balaban J connectivity index is 0.773. The summed E-state index contributed by atoms with van der Waals surface area (Å²) in [6, 6.07) is 23.7. The van der Waals surface area contributed by atoms with Gasteiger partial charge >= 0.3 is 0 Å². The number of aromatic nitrogens is 2. The summed E-state index contributed by atoms with van der Waals surface area (Å²) in [5, 5.41) is 16.7. The lowest BCUT2D eigenvalue weighted by molar-refractivity contribution is -0.384. The first-order chi connectivity index (χ1) is 39.7. The van der Waals surface area contributed by atoms with E-state index in [2.05, 4.69) is 46.8 Å². The number of para-hydroxylation sites is 1. The molecule has 19 nitrogen and oxygen atoms in total. The number of H-pyrrole nitrogens is 1. The Labute approximate surface area is 474 Å². The number of nitrogens with zero attached hydrogens (tertiary/aromatic N) is 6. The highest BCUT2D eigenvalue weighted by Crippen LogP contribution is 2.54. The molecule has 1 saturated carbocycles. The predicted molar refractivity (Wildman–Crippen MR) is 303 cm³/mol. The molecule has 1 amide bonds. The molecule has 432 valence electrons. The van der Waals surface area contributed by atoms with Crippen LogP contribution in [-0.4, -0.2) is 135 Å². The molecule has 1 aliphatic carbocycles. The molecule has 7 aliphatic rings. The van der Waals surface area contributed by atoms with Crippen LogP contribution in [0.1, 0.15) is 86.3 Å². The number of nitro groups is 1. The SMILES string of the molecule is CC(C)Oc1ccccc1[C@@H]1CN(Cc2ccc(F)c(F)c2)CCN1C1CC2(CCN(c3ccc(C(=O)NS(=O)(=O)c4cc5c(c([N+](=O)[O-])c4)N[C@H](C4CCOCC4)CO5)c(N4c5cc6cc[nH]c6nc5O[C@@H]5COCC[C@H]54)c3)CC2)C1. The summed E-state index contributed by atoms with van der Waals surface area (Å²) in [6.07, 6.45) is 7.27. The molecule has 1 spiro atoms. The fourth-order valence-electron chi connectivity index (χ4n) is 13.8. The predicted octanol–water partition coefficient (Wildman–Crippen LogP) is 9.25. The van der Waals surface area contributed by atoms with Gasteiger partial charge in [-0.2, -0.15) is 4.98 Å². The van der Waals surface area contributed by atoms with Crippen molar-refractivity contribution >= 4 is 55.4 Å². The maximum absolute atomic E-state index is 14.9. The first-order valence-electron chi connectivity index (χ1n) is 28.6. The molecule has 4 atom stereocenters. The Morgan fingerprint density at radius 2 is 1.72 bits per heavy atom. The fraction of sp³-hybridized carbons (Fsp3) is 0.467. The first-order valence-corrected chi connectivity index (χ1v) is 30.1. The molecule has 0 unspecified atom stereocenters. The smallest absolute Gasteiger partial charge is 0.297 e. The van der Waals surface area contributed by atoms with Crippen molar-refractivity contribution in [2.24, 2.45) is 11.3 Å². The van der Waals surface area contributed by atoms with Crippen molar-refractivity contribution in [2.75, 3.05) is 80.9 Å². The van der Waals surface area contributed by atoms with Gasteiger partial charge in [0.2, 0.25) is 5.88 Å². The number of hydrogen-bond acceptors (Lipinski definition) is 16. The molecule has 4 saturated heterocycles. The summed E-state index contributed by atoms with van der Waals surface area (Å²) in [4.78, 5) is 43.7. The number of ether oxygens (including phenoxy) is 5. The number of nitrogens with one attached hydrogen (secondary N) is 3. The minimum Gasteiger partial charge on any atom is -0.491 e.